The molecule has 0 aliphatic rings. The van der Waals surface area contributed by atoms with Crippen LogP contribution in [0.25, 0.3) is 98.8 Å². The molecule has 0 unspecified atom stereocenters. The number of para-hydroxylation sites is 2. The highest BCUT2D eigenvalue weighted by Crippen LogP contribution is 2.44. The van der Waals surface area contributed by atoms with E-state index in [4.69, 9.17) is 4.42 Å². The van der Waals surface area contributed by atoms with Crippen LogP contribution in [-0.2, 0) is 0 Å². The molecule has 11 aromatic carbocycles. The first-order valence-corrected chi connectivity index (χ1v) is 21.2. The molecule has 12 rings (SSSR count). The van der Waals surface area contributed by atoms with Crippen LogP contribution in [0, 0.1) is 0 Å². The summed E-state index contributed by atoms with van der Waals surface area (Å²) in [5.74, 6) is 0. The van der Waals surface area contributed by atoms with E-state index >= 15 is 0 Å². The minimum Gasteiger partial charge on any atom is -0.455 e. The summed E-state index contributed by atoms with van der Waals surface area (Å²) in [6.45, 7) is 0. The Balaban J connectivity index is 0.954. The summed E-state index contributed by atoms with van der Waals surface area (Å²) < 4.78 is 6.53. The van der Waals surface area contributed by atoms with Gasteiger partial charge in [0.15, 0.2) is 0 Å². The van der Waals surface area contributed by atoms with Crippen LogP contribution in [0.5, 0.6) is 0 Å². The first-order chi connectivity index (χ1) is 30.7. The van der Waals surface area contributed by atoms with Crippen molar-refractivity contribution in [3.63, 3.8) is 0 Å². The van der Waals surface area contributed by atoms with Gasteiger partial charge in [0.05, 0.1) is 5.69 Å². The molecule has 62 heavy (non-hydrogen) atoms. The molecule has 2 heteroatoms. The molecule has 0 fully saturated rings. The van der Waals surface area contributed by atoms with Gasteiger partial charge in [-0.1, -0.05) is 182 Å². The van der Waals surface area contributed by atoms with Crippen LogP contribution in [0.15, 0.2) is 241 Å². The molecule has 290 valence electrons. The van der Waals surface area contributed by atoms with Gasteiger partial charge in [0.25, 0.3) is 0 Å². The Labute approximate surface area is 360 Å². The van der Waals surface area contributed by atoms with Crippen LogP contribution in [-0.4, -0.2) is 0 Å². The molecule has 0 bridgehead atoms. The quantitative estimate of drug-likeness (QED) is 0.160. The van der Waals surface area contributed by atoms with Gasteiger partial charge in [-0.3, -0.25) is 0 Å². The van der Waals surface area contributed by atoms with E-state index < -0.39 is 0 Å². The van der Waals surface area contributed by atoms with Crippen molar-refractivity contribution in [3.05, 3.63) is 237 Å². The van der Waals surface area contributed by atoms with Crippen molar-refractivity contribution in [2.45, 2.75) is 0 Å². The van der Waals surface area contributed by atoms with Gasteiger partial charge in [0.1, 0.15) is 11.2 Å². The zero-order valence-corrected chi connectivity index (χ0v) is 33.9. The minimum absolute atomic E-state index is 0.906. The van der Waals surface area contributed by atoms with E-state index in [0.29, 0.717) is 0 Å². The van der Waals surface area contributed by atoms with Gasteiger partial charge in [-0.05, 0) is 120 Å². The Bertz CT molecular complexity index is 3610. The molecule has 1 aromatic heterocycles. The van der Waals surface area contributed by atoms with Gasteiger partial charge in [0.2, 0.25) is 0 Å². The highest BCUT2D eigenvalue weighted by Gasteiger charge is 2.19. The Morgan fingerprint density at radius 1 is 0.274 bits per heavy atom. The molecule has 0 radical (unpaired) electrons. The average molecular weight is 790 g/mol. The Hall–Kier alpha value is -8.20. The fourth-order valence-corrected chi connectivity index (χ4v) is 9.30. The van der Waals surface area contributed by atoms with E-state index in [1.807, 2.05) is 6.07 Å². The average Bonchev–Trinajstić information content (AvgIpc) is 3.74. The van der Waals surface area contributed by atoms with Crippen molar-refractivity contribution >= 4 is 71.3 Å². The standard InChI is InChI=1S/C60H39NO/c1-2-12-47-38-48(26-22-40(47)10-1)43-30-35-51(36-31-43)61(50-33-28-42(29-34-50)41-20-23-45(24-21-41)53-17-9-13-44-11-3-4-14-52(44)53)58-18-7-5-15-54(58)49-27-25-46-32-37-56-55-16-6-8-19-59(55)62-60(56)57(46)39-49/h1-39H. The first-order valence-electron chi connectivity index (χ1n) is 21.2. The highest BCUT2D eigenvalue weighted by atomic mass is 16.3. The molecular weight excluding hydrogens is 751 g/mol. The number of rotatable bonds is 7. The topological polar surface area (TPSA) is 16.4 Å². The monoisotopic (exact) mass is 789 g/mol. The predicted octanol–water partition coefficient (Wildman–Crippen LogP) is 17.2. The fourth-order valence-electron chi connectivity index (χ4n) is 9.30. The molecule has 2 nitrogen and oxygen atoms in total. The summed E-state index contributed by atoms with van der Waals surface area (Å²) >= 11 is 0. The molecule has 0 aliphatic heterocycles. The lowest BCUT2D eigenvalue weighted by atomic mass is 9.96. The van der Waals surface area contributed by atoms with Gasteiger partial charge in [0, 0.05) is 33.1 Å². The van der Waals surface area contributed by atoms with E-state index in [0.717, 1.165) is 60.9 Å². The van der Waals surface area contributed by atoms with E-state index in [9.17, 15) is 0 Å². The molecule has 1 heterocycles. The maximum absolute atomic E-state index is 6.53. The first kappa shape index (κ1) is 35.7. The predicted molar refractivity (Wildman–Crippen MR) is 263 cm³/mol. The van der Waals surface area contributed by atoms with Crippen molar-refractivity contribution in [1.29, 1.82) is 0 Å². The molecule has 0 atom stereocenters. The molecule has 0 aliphatic carbocycles. The second-order valence-corrected chi connectivity index (χ2v) is 16.1. The fraction of sp³-hybridized carbons (Fsp3) is 0. The zero-order chi connectivity index (χ0) is 41.0. The summed E-state index contributed by atoms with van der Waals surface area (Å²) in [7, 11) is 0. The summed E-state index contributed by atoms with van der Waals surface area (Å²) in [6, 6.07) is 85.5. The van der Waals surface area contributed by atoms with Gasteiger partial charge >= 0.3 is 0 Å². The van der Waals surface area contributed by atoms with Crippen LogP contribution < -0.4 is 4.90 Å². The molecule has 0 N–H and O–H groups in total. The van der Waals surface area contributed by atoms with Gasteiger partial charge in [-0.2, -0.15) is 0 Å². The lowest BCUT2D eigenvalue weighted by Gasteiger charge is -2.28. The van der Waals surface area contributed by atoms with E-state index in [2.05, 4.69) is 235 Å². The third-order valence-corrected chi connectivity index (χ3v) is 12.5. The molecule has 0 saturated carbocycles. The third-order valence-electron chi connectivity index (χ3n) is 12.5. The number of fused-ring (bicyclic) bond motifs is 7. The van der Waals surface area contributed by atoms with Crippen molar-refractivity contribution in [2.24, 2.45) is 0 Å². The summed E-state index contributed by atoms with van der Waals surface area (Å²) in [4.78, 5) is 2.39. The maximum atomic E-state index is 6.53. The lowest BCUT2D eigenvalue weighted by molar-refractivity contribution is 0.672. The van der Waals surface area contributed by atoms with Crippen molar-refractivity contribution in [3.8, 4) is 44.5 Å². The summed E-state index contributed by atoms with van der Waals surface area (Å²) in [5.41, 5.74) is 14.5. The summed E-state index contributed by atoms with van der Waals surface area (Å²) in [5, 5.41) is 9.53. The number of anilines is 3. The van der Waals surface area contributed by atoms with Gasteiger partial charge in [-0.25, -0.2) is 0 Å². The number of hydrogen-bond acceptors (Lipinski definition) is 2. The Morgan fingerprint density at radius 2 is 0.790 bits per heavy atom. The van der Waals surface area contributed by atoms with Crippen molar-refractivity contribution in [2.75, 3.05) is 4.90 Å². The van der Waals surface area contributed by atoms with Crippen molar-refractivity contribution in [1.82, 2.24) is 0 Å². The Morgan fingerprint density at radius 3 is 1.58 bits per heavy atom. The molecule has 0 spiro atoms. The van der Waals surface area contributed by atoms with Crippen LogP contribution in [0.4, 0.5) is 17.1 Å². The molecular formula is C60H39NO. The van der Waals surface area contributed by atoms with Crippen LogP contribution in [0.2, 0.25) is 0 Å². The summed E-state index contributed by atoms with van der Waals surface area (Å²) in [6.07, 6.45) is 0. The molecule has 0 saturated heterocycles. The molecule has 0 amide bonds. The van der Waals surface area contributed by atoms with Crippen LogP contribution in [0.1, 0.15) is 0 Å². The number of hydrogen-bond donors (Lipinski definition) is 0. The van der Waals surface area contributed by atoms with Gasteiger partial charge in [-0.15, -0.1) is 0 Å². The van der Waals surface area contributed by atoms with Crippen LogP contribution >= 0.6 is 0 Å². The normalized spacial score (nSPS) is 11.5. The second-order valence-electron chi connectivity index (χ2n) is 16.1. The number of nitrogens with zero attached hydrogens (tertiary/aromatic N) is 1. The second kappa shape index (κ2) is 14.8. The van der Waals surface area contributed by atoms with Crippen molar-refractivity contribution < 1.29 is 4.42 Å². The van der Waals surface area contributed by atoms with E-state index in [1.165, 1.54) is 54.9 Å². The number of benzene rings is 11. The Kier molecular flexibility index (Phi) is 8.53. The smallest absolute Gasteiger partial charge is 0.143 e. The third kappa shape index (κ3) is 6.20. The largest absolute Gasteiger partial charge is 0.455 e. The van der Waals surface area contributed by atoms with Gasteiger partial charge < -0.3 is 9.32 Å². The van der Waals surface area contributed by atoms with E-state index in [-0.39, 0.29) is 0 Å². The van der Waals surface area contributed by atoms with E-state index in [1.54, 1.807) is 0 Å². The highest BCUT2D eigenvalue weighted by molar-refractivity contribution is 6.15. The zero-order valence-electron chi connectivity index (χ0n) is 33.9. The number of furan rings is 1. The van der Waals surface area contributed by atoms with Crippen LogP contribution in [0.3, 0.4) is 0 Å². The minimum atomic E-state index is 0.906. The SMILES string of the molecule is c1ccc(N(c2ccc(-c3ccc(-c4cccc5ccccc45)cc3)cc2)c2ccc(-c3ccc4ccccc4c3)cc2)c(-c2ccc3ccc4c5ccccc5oc4c3c2)c1. The maximum Gasteiger partial charge on any atom is 0.143 e. The molecule has 12 aromatic rings. The lowest BCUT2D eigenvalue weighted by Crippen LogP contribution is -2.11.